The number of H-pyrrole nitrogens is 1. The number of carbonyl (C=O) groups excluding carboxylic acids is 1. The minimum absolute atomic E-state index is 0.0650. The van der Waals surface area contributed by atoms with Crippen LogP contribution in [0.4, 0.5) is 10.8 Å². The van der Waals surface area contributed by atoms with E-state index in [4.69, 9.17) is 4.74 Å². The van der Waals surface area contributed by atoms with Crippen LogP contribution in [-0.2, 0) is 4.74 Å². The van der Waals surface area contributed by atoms with Crippen LogP contribution in [0.3, 0.4) is 0 Å². The maximum atomic E-state index is 12.3. The Hall–Kier alpha value is -2.71. The summed E-state index contributed by atoms with van der Waals surface area (Å²) in [6, 6.07) is 9.03. The molecule has 0 spiro atoms. The number of aromatic amines is 1. The van der Waals surface area contributed by atoms with Gasteiger partial charge in [-0.15, -0.1) is 0 Å². The van der Waals surface area contributed by atoms with E-state index in [1.165, 1.54) is 23.6 Å². The zero-order chi connectivity index (χ0) is 17.2. The second-order valence-electron chi connectivity index (χ2n) is 5.61. The average molecular weight is 356 g/mol. The molecule has 3 aromatic rings. The van der Waals surface area contributed by atoms with Crippen LogP contribution in [-0.4, -0.2) is 42.2 Å². The number of hydrogen-bond acceptors (Lipinski definition) is 6. The molecule has 1 fully saturated rings. The van der Waals surface area contributed by atoms with Crippen molar-refractivity contribution in [3.63, 3.8) is 0 Å². The lowest BCUT2D eigenvalue weighted by atomic mass is 10.2. The fourth-order valence-electron chi connectivity index (χ4n) is 2.81. The summed E-state index contributed by atoms with van der Waals surface area (Å²) in [4.78, 5) is 33.3. The number of carbonyl (C=O) groups is 1. The first-order valence-corrected chi connectivity index (χ1v) is 8.75. The fourth-order valence-corrected chi connectivity index (χ4v) is 3.81. The molecular weight excluding hydrogens is 340 g/mol. The van der Waals surface area contributed by atoms with Crippen LogP contribution < -0.4 is 15.8 Å². The zero-order valence-corrected chi connectivity index (χ0v) is 14.1. The highest BCUT2D eigenvalue weighted by atomic mass is 32.1. The molecule has 1 aliphatic heterocycles. The monoisotopic (exact) mass is 356 g/mol. The van der Waals surface area contributed by atoms with Gasteiger partial charge in [0.25, 0.3) is 11.5 Å². The second kappa shape index (κ2) is 6.66. The number of anilines is 2. The summed E-state index contributed by atoms with van der Waals surface area (Å²) in [5, 5.41) is 3.20. The van der Waals surface area contributed by atoms with Crippen molar-refractivity contribution in [2.75, 3.05) is 36.5 Å². The molecule has 128 valence electrons. The van der Waals surface area contributed by atoms with Gasteiger partial charge in [-0.3, -0.25) is 14.9 Å². The molecule has 4 rings (SSSR count). The van der Waals surface area contributed by atoms with Gasteiger partial charge in [0, 0.05) is 19.3 Å². The number of fused-ring (bicyclic) bond motifs is 1. The molecular formula is C17H16N4O3S. The molecule has 0 atom stereocenters. The molecule has 0 unspecified atom stereocenters. The normalized spacial score (nSPS) is 14.6. The highest BCUT2D eigenvalue weighted by molar-refractivity contribution is 7.23. The summed E-state index contributed by atoms with van der Waals surface area (Å²) in [6.45, 7) is 3.07. The number of hydrogen-bond donors (Lipinski definition) is 2. The standard InChI is InChI=1S/C17H16N4O3S/c22-15-11(3-2-6-18-15)16(23)20-17-19-12-4-1-5-13(14(12)25-17)21-7-9-24-10-8-21/h1-6H,7-10H2,(H,18,22)(H,19,20,23). The molecule has 0 radical (unpaired) electrons. The number of morpholine rings is 1. The summed E-state index contributed by atoms with van der Waals surface area (Å²) >= 11 is 1.41. The third-order valence-electron chi connectivity index (χ3n) is 4.03. The van der Waals surface area contributed by atoms with E-state index in [2.05, 4.69) is 26.3 Å². The van der Waals surface area contributed by atoms with E-state index in [0.717, 1.165) is 29.0 Å². The molecule has 8 heteroatoms. The lowest BCUT2D eigenvalue weighted by Crippen LogP contribution is -2.36. The largest absolute Gasteiger partial charge is 0.378 e. The molecule has 25 heavy (non-hydrogen) atoms. The maximum Gasteiger partial charge on any atom is 0.263 e. The van der Waals surface area contributed by atoms with Gasteiger partial charge >= 0.3 is 0 Å². The Morgan fingerprint density at radius 3 is 2.88 bits per heavy atom. The number of nitrogens with zero attached hydrogens (tertiary/aromatic N) is 2. The molecule has 7 nitrogen and oxygen atoms in total. The molecule has 0 bridgehead atoms. The second-order valence-corrected chi connectivity index (χ2v) is 6.61. The number of rotatable bonds is 3. The summed E-state index contributed by atoms with van der Waals surface area (Å²) in [7, 11) is 0. The Morgan fingerprint density at radius 2 is 2.08 bits per heavy atom. The van der Waals surface area contributed by atoms with E-state index in [1.807, 2.05) is 12.1 Å². The van der Waals surface area contributed by atoms with E-state index >= 15 is 0 Å². The van der Waals surface area contributed by atoms with Crippen molar-refractivity contribution in [3.8, 4) is 0 Å². The lowest BCUT2D eigenvalue weighted by Gasteiger charge is -2.29. The fraction of sp³-hybridized carbons (Fsp3) is 0.235. The number of pyridine rings is 1. The number of aromatic nitrogens is 2. The van der Waals surface area contributed by atoms with Crippen LogP contribution in [0.25, 0.3) is 10.2 Å². The molecule has 1 amide bonds. The van der Waals surface area contributed by atoms with Gasteiger partial charge in [-0.25, -0.2) is 4.98 Å². The van der Waals surface area contributed by atoms with Gasteiger partial charge in [-0.2, -0.15) is 0 Å². The van der Waals surface area contributed by atoms with Crippen LogP contribution in [0, 0.1) is 0 Å². The first-order chi connectivity index (χ1) is 12.2. The molecule has 2 N–H and O–H groups in total. The van der Waals surface area contributed by atoms with Crippen LogP contribution in [0.2, 0.25) is 0 Å². The topological polar surface area (TPSA) is 87.3 Å². The minimum Gasteiger partial charge on any atom is -0.378 e. The first kappa shape index (κ1) is 15.8. The lowest BCUT2D eigenvalue weighted by molar-refractivity contribution is 0.102. The van der Waals surface area contributed by atoms with Crippen molar-refractivity contribution in [3.05, 3.63) is 52.4 Å². The molecule has 2 aromatic heterocycles. The highest BCUT2D eigenvalue weighted by Crippen LogP contribution is 2.34. The zero-order valence-electron chi connectivity index (χ0n) is 13.3. The Bertz CT molecular complexity index is 975. The molecule has 0 saturated carbocycles. The van der Waals surface area contributed by atoms with Gasteiger partial charge in [0.15, 0.2) is 5.13 Å². The average Bonchev–Trinajstić information content (AvgIpc) is 3.05. The number of thiazole rings is 1. The van der Waals surface area contributed by atoms with Crippen molar-refractivity contribution < 1.29 is 9.53 Å². The van der Waals surface area contributed by atoms with Gasteiger partial charge in [0.2, 0.25) is 0 Å². The van der Waals surface area contributed by atoms with Gasteiger partial charge < -0.3 is 14.6 Å². The van der Waals surface area contributed by atoms with Gasteiger partial charge in [-0.05, 0) is 24.3 Å². The van der Waals surface area contributed by atoms with Crippen molar-refractivity contribution in [1.29, 1.82) is 0 Å². The van der Waals surface area contributed by atoms with E-state index in [-0.39, 0.29) is 5.56 Å². The Kier molecular flexibility index (Phi) is 4.21. The minimum atomic E-state index is -0.464. The number of benzene rings is 1. The van der Waals surface area contributed by atoms with E-state index in [9.17, 15) is 9.59 Å². The van der Waals surface area contributed by atoms with Crippen molar-refractivity contribution in [1.82, 2.24) is 9.97 Å². The summed E-state index contributed by atoms with van der Waals surface area (Å²) < 4.78 is 6.42. The number of nitrogens with one attached hydrogen (secondary N) is 2. The summed E-state index contributed by atoms with van der Waals surface area (Å²) in [6.07, 6.45) is 1.49. The van der Waals surface area contributed by atoms with Crippen molar-refractivity contribution in [2.45, 2.75) is 0 Å². The van der Waals surface area contributed by atoms with E-state index in [0.29, 0.717) is 18.3 Å². The number of ether oxygens (including phenoxy) is 1. The number of amides is 1. The van der Waals surface area contributed by atoms with Crippen LogP contribution in [0.5, 0.6) is 0 Å². The van der Waals surface area contributed by atoms with Gasteiger partial charge in [0.05, 0.1) is 29.1 Å². The Labute approximate surface area is 147 Å². The highest BCUT2D eigenvalue weighted by Gasteiger charge is 2.18. The third-order valence-corrected chi connectivity index (χ3v) is 5.04. The molecule has 1 aromatic carbocycles. The molecule has 0 aliphatic carbocycles. The molecule has 1 saturated heterocycles. The SMILES string of the molecule is O=C(Nc1nc2cccc(N3CCOCC3)c2s1)c1ccc[nH]c1=O. The van der Waals surface area contributed by atoms with E-state index in [1.54, 1.807) is 6.07 Å². The summed E-state index contributed by atoms with van der Waals surface area (Å²) in [5.41, 5.74) is 1.56. The van der Waals surface area contributed by atoms with Crippen LogP contribution >= 0.6 is 11.3 Å². The van der Waals surface area contributed by atoms with Crippen molar-refractivity contribution >= 4 is 38.3 Å². The van der Waals surface area contributed by atoms with Crippen molar-refractivity contribution in [2.24, 2.45) is 0 Å². The smallest absolute Gasteiger partial charge is 0.263 e. The Morgan fingerprint density at radius 1 is 1.24 bits per heavy atom. The van der Waals surface area contributed by atoms with E-state index < -0.39 is 11.5 Å². The van der Waals surface area contributed by atoms with Crippen LogP contribution in [0.15, 0.2) is 41.3 Å². The maximum absolute atomic E-state index is 12.3. The predicted molar refractivity (Wildman–Crippen MR) is 97.7 cm³/mol. The summed E-state index contributed by atoms with van der Waals surface area (Å²) in [5.74, 6) is -0.464. The van der Waals surface area contributed by atoms with Gasteiger partial charge in [-0.1, -0.05) is 17.4 Å². The predicted octanol–water partition coefficient (Wildman–Crippen LogP) is 2.07. The van der Waals surface area contributed by atoms with Crippen LogP contribution in [0.1, 0.15) is 10.4 Å². The quantitative estimate of drug-likeness (QED) is 0.750. The van der Waals surface area contributed by atoms with Gasteiger partial charge in [0.1, 0.15) is 5.56 Å². The Balaban J connectivity index is 1.64. The molecule has 1 aliphatic rings. The third kappa shape index (κ3) is 3.13. The molecule has 3 heterocycles. The first-order valence-electron chi connectivity index (χ1n) is 7.94.